The van der Waals surface area contributed by atoms with E-state index in [1.807, 2.05) is 72.8 Å². The van der Waals surface area contributed by atoms with Crippen LogP contribution in [0.5, 0.6) is 11.5 Å². The number of nitrogens with one attached hydrogen (secondary N) is 1. The van der Waals surface area contributed by atoms with Crippen LogP contribution < -0.4 is 10.1 Å². The molecule has 0 bridgehead atoms. The molecule has 1 aliphatic carbocycles. The van der Waals surface area contributed by atoms with Crippen LogP contribution in [0.1, 0.15) is 23.5 Å². The van der Waals surface area contributed by atoms with Gasteiger partial charge >= 0.3 is 5.97 Å². The summed E-state index contributed by atoms with van der Waals surface area (Å²) in [7, 11) is 0. The molecule has 142 valence electrons. The van der Waals surface area contributed by atoms with E-state index < -0.39 is 5.97 Å². The molecule has 0 radical (unpaired) electrons. The number of para-hydroxylation sites is 1. The van der Waals surface area contributed by atoms with Crippen LogP contribution >= 0.6 is 11.6 Å². The SMILES string of the molecule is O=C(O)[C@H]1C[C@@H]1c1ccc(NCc2cccc(Oc3ccccc3)c2)cc1Cl. The van der Waals surface area contributed by atoms with Crippen molar-refractivity contribution in [3.8, 4) is 11.5 Å². The molecule has 0 aliphatic heterocycles. The molecular weight excluding hydrogens is 374 g/mol. The number of rotatable bonds is 7. The summed E-state index contributed by atoms with van der Waals surface area (Å²) in [5.41, 5.74) is 2.90. The summed E-state index contributed by atoms with van der Waals surface area (Å²) in [6, 6.07) is 23.3. The van der Waals surface area contributed by atoms with Gasteiger partial charge in [-0.3, -0.25) is 4.79 Å². The van der Waals surface area contributed by atoms with Gasteiger partial charge in [0.15, 0.2) is 0 Å². The fraction of sp³-hybridized carbons (Fsp3) is 0.174. The molecular formula is C23H20ClNO3. The van der Waals surface area contributed by atoms with E-state index in [4.69, 9.17) is 21.4 Å². The highest BCUT2D eigenvalue weighted by atomic mass is 35.5. The maximum atomic E-state index is 11.1. The van der Waals surface area contributed by atoms with Crippen molar-refractivity contribution in [1.82, 2.24) is 0 Å². The predicted molar refractivity (Wildman–Crippen MR) is 110 cm³/mol. The Kier molecular flexibility index (Phi) is 5.22. The Labute approximate surface area is 168 Å². The Balaban J connectivity index is 1.39. The number of carboxylic acids is 1. The molecule has 1 aliphatic rings. The second-order valence-corrected chi connectivity index (χ2v) is 7.35. The van der Waals surface area contributed by atoms with E-state index in [1.54, 1.807) is 0 Å². The number of hydrogen-bond acceptors (Lipinski definition) is 3. The maximum absolute atomic E-state index is 11.1. The summed E-state index contributed by atoms with van der Waals surface area (Å²) >= 11 is 6.38. The van der Waals surface area contributed by atoms with Gasteiger partial charge in [-0.25, -0.2) is 0 Å². The second-order valence-electron chi connectivity index (χ2n) is 6.94. The first-order valence-corrected chi connectivity index (χ1v) is 9.56. The topological polar surface area (TPSA) is 58.6 Å². The Morgan fingerprint density at radius 1 is 1.04 bits per heavy atom. The standard InChI is InChI=1S/C23H20ClNO3/c24-22-12-16(9-10-19(22)20-13-21(20)23(26)27)25-14-15-5-4-8-18(11-15)28-17-6-2-1-3-7-17/h1-12,20-21,25H,13-14H2,(H,26,27)/t20-,21+/m1/s1. The van der Waals surface area contributed by atoms with Gasteiger partial charge in [-0.1, -0.05) is 48.0 Å². The van der Waals surface area contributed by atoms with Gasteiger partial charge in [-0.15, -0.1) is 0 Å². The number of carboxylic acid groups (broad SMARTS) is 1. The summed E-state index contributed by atoms with van der Waals surface area (Å²) in [5, 5.41) is 13.1. The van der Waals surface area contributed by atoms with E-state index in [-0.39, 0.29) is 11.8 Å². The highest BCUT2D eigenvalue weighted by Crippen LogP contribution is 2.50. The molecule has 0 spiro atoms. The van der Waals surface area contributed by atoms with Gasteiger partial charge in [0, 0.05) is 17.3 Å². The summed E-state index contributed by atoms with van der Waals surface area (Å²) in [4.78, 5) is 11.1. The lowest BCUT2D eigenvalue weighted by Gasteiger charge is -2.11. The Morgan fingerprint density at radius 2 is 1.82 bits per heavy atom. The van der Waals surface area contributed by atoms with Crippen molar-refractivity contribution in [2.45, 2.75) is 18.9 Å². The van der Waals surface area contributed by atoms with Crippen LogP contribution in [0, 0.1) is 5.92 Å². The molecule has 0 aromatic heterocycles. The van der Waals surface area contributed by atoms with Crippen molar-refractivity contribution < 1.29 is 14.6 Å². The first kappa shape index (κ1) is 18.4. The normalized spacial score (nSPS) is 17.8. The number of benzene rings is 3. The fourth-order valence-corrected chi connectivity index (χ4v) is 3.62. The molecule has 2 atom stereocenters. The van der Waals surface area contributed by atoms with Gasteiger partial charge in [0.2, 0.25) is 0 Å². The Morgan fingerprint density at radius 3 is 2.54 bits per heavy atom. The summed E-state index contributed by atoms with van der Waals surface area (Å²) in [6.07, 6.45) is 0.663. The largest absolute Gasteiger partial charge is 0.481 e. The number of ether oxygens (including phenoxy) is 1. The number of carbonyl (C=O) groups is 1. The van der Waals surface area contributed by atoms with Crippen LogP contribution in [-0.4, -0.2) is 11.1 Å². The number of hydrogen-bond donors (Lipinski definition) is 2. The van der Waals surface area contributed by atoms with Crippen LogP contribution in [0.4, 0.5) is 5.69 Å². The molecule has 0 amide bonds. The number of aliphatic carboxylic acids is 1. The molecule has 3 aromatic rings. The maximum Gasteiger partial charge on any atom is 0.307 e. The van der Waals surface area contributed by atoms with Gasteiger partial charge in [-0.05, 0) is 59.9 Å². The first-order valence-electron chi connectivity index (χ1n) is 9.18. The molecule has 2 N–H and O–H groups in total. The molecule has 1 saturated carbocycles. The van der Waals surface area contributed by atoms with Crippen LogP contribution in [0.15, 0.2) is 72.8 Å². The monoisotopic (exact) mass is 393 g/mol. The lowest BCUT2D eigenvalue weighted by Crippen LogP contribution is -2.01. The van der Waals surface area contributed by atoms with E-state index >= 15 is 0 Å². The molecule has 0 saturated heterocycles. The van der Waals surface area contributed by atoms with Gasteiger partial charge < -0.3 is 15.2 Å². The smallest absolute Gasteiger partial charge is 0.307 e. The van der Waals surface area contributed by atoms with Crippen molar-refractivity contribution >= 4 is 23.3 Å². The third-order valence-corrected chi connectivity index (χ3v) is 5.21. The lowest BCUT2D eigenvalue weighted by molar-refractivity contribution is -0.138. The Bertz CT molecular complexity index is 990. The molecule has 4 nitrogen and oxygen atoms in total. The first-order chi connectivity index (χ1) is 13.6. The van der Waals surface area contributed by atoms with Gasteiger partial charge in [0.1, 0.15) is 11.5 Å². The minimum absolute atomic E-state index is 0.0332. The van der Waals surface area contributed by atoms with E-state index in [0.717, 1.165) is 28.3 Å². The predicted octanol–water partition coefficient (Wildman–Crippen LogP) is 5.93. The molecule has 0 heterocycles. The minimum atomic E-state index is -0.749. The van der Waals surface area contributed by atoms with E-state index in [1.165, 1.54) is 0 Å². The van der Waals surface area contributed by atoms with Gasteiger partial charge in [0.25, 0.3) is 0 Å². The summed E-state index contributed by atoms with van der Waals surface area (Å²) < 4.78 is 5.87. The molecule has 0 unspecified atom stereocenters. The Hall–Kier alpha value is -2.98. The summed E-state index contributed by atoms with van der Waals surface area (Å²) in [5.74, 6) is 0.567. The van der Waals surface area contributed by atoms with Crippen molar-refractivity contribution in [1.29, 1.82) is 0 Å². The van der Waals surface area contributed by atoms with Crippen molar-refractivity contribution in [3.63, 3.8) is 0 Å². The van der Waals surface area contributed by atoms with Gasteiger partial charge in [0.05, 0.1) is 5.92 Å². The summed E-state index contributed by atoms with van der Waals surface area (Å²) in [6.45, 7) is 0.628. The zero-order chi connectivity index (χ0) is 19.5. The third-order valence-electron chi connectivity index (χ3n) is 4.88. The average Bonchev–Trinajstić information content (AvgIpc) is 3.48. The lowest BCUT2D eigenvalue weighted by atomic mass is 10.1. The molecule has 5 heteroatoms. The second kappa shape index (κ2) is 7.95. The van der Waals surface area contributed by atoms with Crippen LogP contribution in [0.2, 0.25) is 5.02 Å². The van der Waals surface area contributed by atoms with Gasteiger partial charge in [-0.2, -0.15) is 0 Å². The van der Waals surface area contributed by atoms with Crippen molar-refractivity contribution in [3.05, 3.63) is 88.9 Å². The number of halogens is 1. The third kappa shape index (κ3) is 4.29. The van der Waals surface area contributed by atoms with Crippen LogP contribution in [0.3, 0.4) is 0 Å². The zero-order valence-corrected chi connectivity index (χ0v) is 15.9. The fourth-order valence-electron chi connectivity index (χ4n) is 3.30. The minimum Gasteiger partial charge on any atom is -0.481 e. The average molecular weight is 394 g/mol. The molecule has 28 heavy (non-hydrogen) atoms. The molecule has 1 fully saturated rings. The highest BCUT2D eigenvalue weighted by Gasteiger charge is 2.45. The highest BCUT2D eigenvalue weighted by molar-refractivity contribution is 6.31. The van der Waals surface area contributed by atoms with Crippen molar-refractivity contribution in [2.75, 3.05) is 5.32 Å². The number of anilines is 1. The van der Waals surface area contributed by atoms with E-state index in [0.29, 0.717) is 18.0 Å². The molecule has 3 aromatic carbocycles. The quantitative estimate of drug-likeness (QED) is 0.522. The zero-order valence-electron chi connectivity index (χ0n) is 15.1. The van der Waals surface area contributed by atoms with Crippen molar-refractivity contribution in [2.24, 2.45) is 5.92 Å². The van der Waals surface area contributed by atoms with Crippen LogP contribution in [0.25, 0.3) is 0 Å². The molecule has 4 rings (SSSR count). The van der Waals surface area contributed by atoms with E-state index in [2.05, 4.69) is 5.32 Å². The van der Waals surface area contributed by atoms with E-state index in [9.17, 15) is 4.79 Å². The van der Waals surface area contributed by atoms with Crippen LogP contribution in [-0.2, 0) is 11.3 Å².